The molecule has 0 unspecified atom stereocenters. The predicted octanol–water partition coefficient (Wildman–Crippen LogP) is 2.87. The highest BCUT2D eigenvalue weighted by Gasteiger charge is 2.03. The van der Waals surface area contributed by atoms with E-state index in [1.165, 1.54) is 6.08 Å². The lowest BCUT2D eigenvalue weighted by Gasteiger charge is -2.03. The summed E-state index contributed by atoms with van der Waals surface area (Å²) >= 11 is 0. The number of carbonyl (C=O) groups is 1. The lowest BCUT2D eigenvalue weighted by atomic mass is 10.1. The zero-order valence-electron chi connectivity index (χ0n) is 11.7. The second-order valence-corrected chi connectivity index (χ2v) is 4.45. The lowest BCUT2D eigenvalue weighted by Crippen LogP contribution is -2.16. The van der Waals surface area contributed by atoms with Crippen LogP contribution in [0.25, 0.3) is 6.08 Å². The largest absolute Gasteiger partial charge is 0.380 e. The van der Waals surface area contributed by atoms with E-state index in [0.717, 1.165) is 16.7 Å². The van der Waals surface area contributed by atoms with Crippen LogP contribution in [-0.4, -0.2) is 11.8 Å². The Kier molecular flexibility index (Phi) is 4.88. The van der Waals surface area contributed by atoms with Gasteiger partial charge in [0.1, 0.15) is 0 Å². The molecule has 21 heavy (non-hydrogen) atoms. The van der Waals surface area contributed by atoms with E-state index in [1.807, 2.05) is 61.5 Å². The van der Waals surface area contributed by atoms with Gasteiger partial charge in [-0.2, -0.15) is 0 Å². The first-order valence-corrected chi connectivity index (χ1v) is 6.50. The second kappa shape index (κ2) is 7.05. The maximum Gasteiger partial charge on any atom is 0.358 e. The maximum atomic E-state index is 11.6. The van der Waals surface area contributed by atoms with Crippen molar-refractivity contribution in [2.45, 2.75) is 6.92 Å². The average Bonchev–Trinajstić information content (AvgIpc) is 2.52. The highest BCUT2D eigenvalue weighted by Crippen LogP contribution is 2.06. The molecular formula is C17H16N2O2. The summed E-state index contributed by atoms with van der Waals surface area (Å²) in [7, 11) is 0. The van der Waals surface area contributed by atoms with Gasteiger partial charge in [-0.3, -0.25) is 0 Å². The van der Waals surface area contributed by atoms with Crippen LogP contribution >= 0.6 is 0 Å². The molecule has 0 heterocycles. The first kappa shape index (κ1) is 14.5. The molecule has 0 spiro atoms. The molecule has 0 fully saturated rings. The number of hydrogen-bond acceptors (Lipinski definition) is 3. The number of amidine groups is 1. The van der Waals surface area contributed by atoms with Crippen molar-refractivity contribution in [3.63, 3.8) is 0 Å². The van der Waals surface area contributed by atoms with Crippen LogP contribution in [0, 0.1) is 6.92 Å². The van der Waals surface area contributed by atoms with E-state index in [2.05, 4.69) is 5.16 Å². The standard InChI is InChI=1S/C17H16N2O2/c1-13-7-5-6-10-15(13)17(18)19-21-16(20)12-11-14-8-3-2-4-9-14/h2-12H,1H3,(H2,18,19). The molecule has 4 heteroatoms. The molecule has 2 rings (SSSR count). The Labute approximate surface area is 123 Å². The minimum atomic E-state index is -0.574. The zero-order valence-corrected chi connectivity index (χ0v) is 11.7. The first-order valence-electron chi connectivity index (χ1n) is 6.50. The minimum absolute atomic E-state index is 0.176. The third kappa shape index (κ3) is 4.31. The van der Waals surface area contributed by atoms with Crippen LogP contribution in [-0.2, 0) is 9.63 Å². The Bertz CT molecular complexity index is 676. The summed E-state index contributed by atoms with van der Waals surface area (Å²) < 4.78 is 0. The van der Waals surface area contributed by atoms with Crippen LogP contribution in [0.1, 0.15) is 16.7 Å². The lowest BCUT2D eigenvalue weighted by molar-refractivity contribution is -0.137. The van der Waals surface area contributed by atoms with Gasteiger partial charge in [0.15, 0.2) is 5.84 Å². The molecule has 0 atom stereocenters. The van der Waals surface area contributed by atoms with Crippen molar-refractivity contribution >= 4 is 17.9 Å². The zero-order chi connectivity index (χ0) is 15.1. The van der Waals surface area contributed by atoms with Gasteiger partial charge in [-0.25, -0.2) is 4.79 Å². The Morgan fingerprint density at radius 2 is 1.76 bits per heavy atom. The number of aryl methyl sites for hydroxylation is 1. The summed E-state index contributed by atoms with van der Waals surface area (Å²) in [5.74, 6) is -0.398. The van der Waals surface area contributed by atoms with E-state index in [0.29, 0.717) is 0 Å². The van der Waals surface area contributed by atoms with Crippen LogP contribution in [0.15, 0.2) is 65.8 Å². The van der Waals surface area contributed by atoms with Crippen molar-refractivity contribution in [1.29, 1.82) is 0 Å². The van der Waals surface area contributed by atoms with Gasteiger partial charge in [0.05, 0.1) is 0 Å². The molecule has 2 N–H and O–H groups in total. The van der Waals surface area contributed by atoms with Crippen LogP contribution in [0.5, 0.6) is 0 Å². The molecule has 106 valence electrons. The average molecular weight is 280 g/mol. The fourth-order valence-corrected chi connectivity index (χ4v) is 1.76. The van der Waals surface area contributed by atoms with E-state index in [4.69, 9.17) is 10.6 Å². The topological polar surface area (TPSA) is 64.7 Å². The molecule has 0 aliphatic carbocycles. The van der Waals surface area contributed by atoms with Crippen molar-refractivity contribution in [3.05, 3.63) is 77.4 Å². The van der Waals surface area contributed by atoms with E-state index in [-0.39, 0.29) is 5.84 Å². The fourth-order valence-electron chi connectivity index (χ4n) is 1.76. The van der Waals surface area contributed by atoms with Gasteiger partial charge < -0.3 is 10.6 Å². The monoisotopic (exact) mass is 280 g/mol. The minimum Gasteiger partial charge on any atom is -0.380 e. The number of benzene rings is 2. The third-order valence-corrected chi connectivity index (χ3v) is 2.87. The van der Waals surface area contributed by atoms with Crippen LogP contribution < -0.4 is 5.73 Å². The van der Waals surface area contributed by atoms with Gasteiger partial charge in [0.25, 0.3) is 0 Å². The molecule has 4 nitrogen and oxygen atoms in total. The van der Waals surface area contributed by atoms with Crippen LogP contribution in [0.4, 0.5) is 0 Å². The second-order valence-electron chi connectivity index (χ2n) is 4.45. The maximum absolute atomic E-state index is 11.6. The summed E-state index contributed by atoms with van der Waals surface area (Å²) in [4.78, 5) is 16.3. The van der Waals surface area contributed by atoms with Crippen molar-refractivity contribution in [1.82, 2.24) is 0 Å². The Morgan fingerprint density at radius 3 is 2.48 bits per heavy atom. The molecule has 0 aliphatic rings. The van der Waals surface area contributed by atoms with Crippen molar-refractivity contribution in [2.24, 2.45) is 10.9 Å². The van der Waals surface area contributed by atoms with Crippen LogP contribution in [0.3, 0.4) is 0 Å². The number of nitrogens with zero attached hydrogens (tertiary/aromatic N) is 1. The molecule has 0 aromatic heterocycles. The van der Waals surface area contributed by atoms with Crippen molar-refractivity contribution in [2.75, 3.05) is 0 Å². The number of rotatable bonds is 4. The molecule has 0 amide bonds. The molecule has 0 bridgehead atoms. The van der Waals surface area contributed by atoms with Crippen LogP contribution in [0.2, 0.25) is 0 Å². The Balaban J connectivity index is 1.99. The first-order chi connectivity index (χ1) is 10.2. The third-order valence-electron chi connectivity index (χ3n) is 2.87. The van der Waals surface area contributed by atoms with E-state index in [9.17, 15) is 4.79 Å². The molecule has 2 aromatic rings. The highest BCUT2D eigenvalue weighted by molar-refractivity contribution is 5.99. The fraction of sp³-hybridized carbons (Fsp3) is 0.0588. The normalized spacial score (nSPS) is 11.6. The quantitative estimate of drug-likeness (QED) is 0.308. The van der Waals surface area contributed by atoms with Gasteiger partial charge in [-0.05, 0) is 24.1 Å². The van der Waals surface area contributed by atoms with Crippen molar-refractivity contribution < 1.29 is 9.63 Å². The molecule has 0 saturated heterocycles. The van der Waals surface area contributed by atoms with Gasteiger partial charge in [-0.1, -0.05) is 59.8 Å². The van der Waals surface area contributed by atoms with E-state index < -0.39 is 5.97 Å². The van der Waals surface area contributed by atoms with Gasteiger partial charge in [-0.15, -0.1) is 0 Å². The summed E-state index contributed by atoms with van der Waals surface area (Å²) in [6, 6.07) is 16.9. The molecule has 2 aromatic carbocycles. The van der Waals surface area contributed by atoms with Gasteiger partial charge in [0.2, 0.25) is 0 Å². The Morgan fingerprint density at radius 1 is 1.10 bits per heavy atom. The number of oxime groups is 1. The summed E-state index contributed by atoms with van der Waals surface area (Å²) in [5.41, 5.74) is 8.42. The smallest absolute Gasteiger partial charge is 0.358 e. The van der Waals surface area contributed by atoms with E-state index >= 15 is 0 Å². The van der Waals surface area contributed by atoms with Crippen molar-refractivity contribution in [3.8, 4) is 0 Å². The highest BCUT2D eigenvalue weighted by atomic mass is 16.7. The predicted molar refractivity (Wildman–Crippen MR) is 83.5 cm³/mol. The summed E-state index contributed by atoms with van der Waals surface area (Å²) in [5, 5.41) is 3.66. The summed E-state index contributed by atoms with van der Waals surface area (Å²) in [6.45, 7) is 1.91. The summed E-state index contributed by atoms with van der Waals surface area (Å²) in [6.07, 6.45) is 2.96. The molecular weight excluding hydrogens is 264 g/mol. The molecule has 0 saturated carbocycles. The van der Waals surface area contributed by atoms with E-state index in [1.54, 1.807) is 6.08 Å². The number of carbonyl (C=O) groups excluding carboxylic acids is 1. The number of nitrogens with two attached hydrogens (primary N) is 1. The number of hydrogen-bond donors (Lipinski definition) is 1. The van der Waals surface area contributed by atoms with Gasteiger partial charge in [0, 0.05) is 11.6 Å². The molecule has 0 aliphatic heterocycles. The Hall–Kier alpha value is -2.88. The van der Waals surface area contributed by atoms with Gasteiger partial charge >= 0.3 is 5.97 Å². The molecule has 0 radical (unpaired) electrons. The SMILES string of the molecule is Cc1ccccc1C(N)=NOC(=O)C=Cc1ccccc1.